The van der Waals surface area contributed by atoms with Crippen LogP contribution in [-0.2, 0) is 0 Å². The van der Waals surface area contributed by atoms with Crippen molar-refractivity contribution >= 4 is 17.3 Å². The maximum absolute atomic E-state index is 6.30. The Balaban J connectivity index is 2.09. The topological polar surface area (TPSA) is 69.6 Å². The zero-order valence-electron chi connectivity index (χ0n) is 11.7. The Kier molecular flexibility index (Phi) is 3.17. The van der Waals surface area contributed by atoms with Crippen LogP contribution in [0.25, 0.3) is 11.4 Å². The second-order valence-electron chi connectivity index (χ2n) is 6.05. The number of aromatic nitrogens is 4. The molecule has 5 nitrogen and oxygen atoms in total. The normalized spacial score (nSPS) is 21.2. The minimum Gasteiger partial charge on any atom is -0.398 e. The lowest BCUT2D eigenvalue weighted by molar-refractivity contribution is 0.242. The lowest BCUT2D eigenvalue weighted by Crippen LogP contribution is -2.23. The van der Waals surface area contributed by atoms with Crippen LogP contribution in [0.4, 0.5) is 5.69 Å². The predicted octanol–water partition coefficient (Wildman–Crippen LogP) is 3.33. The quantitative estimate of drug-likeness (QED) is 0.862. The molecule has 106 valence electrons. The zero-order valence-corrected chi connectivity index (χ0v) is 12.4. The van der Waals surface area contributed by atoms with Gasteiger partial charge < -0.3 is 5.73 Å². The van der Waals surface area contributed by atoms with Gasteiger partial charge in [0.05, 0.1) is 16.8 Å². The summed E-state index contributed by atoms with van der Waals surface area (Å²) in [6.07, 6.45) is 3.47. The second-order valence-corrected chi connectivity index (χ2v) is 6.43. The standard InChI is InChI=1S/C14H18ClN5/c1-14(2)8-4-7-11(14)20-13(17-18-19-20)9-5-3-6-10(16)12(9)15/h3,5-6,11H,4,7-8,16H2,1-2H3. The number of hydrogen-bond acceptors (Lipinski definition) is 4. The number of nitrogens with zero attached hydrogens (tertiary/aromatic N) is 4. The smallest absolute Gasteiger partial charge is 0.183 e. The fourth-order valence-corrected chi connectivity index (χ4v) is 3.28. The summed E-state index contributed by atoms with van der Waals surface area (Å²) in [6.45, 7) is 4.52. The maximum Gasteiger partial charge on any atom is 0.183 e. The first kappa shape index (κ1) is 13.4. The van der Waals surface area contributed by atoms with Gasteiger partial charge in [-0.1, -0.05) is 37.9 Å². The van der Waals surface area contributed by atoms with Gasteiger partial charge in [-0.25, -0.2) is 4.68 Å². The fraction of sp³-hybridized carbons (Fsp3) is 0.500. The van der Waals surface area contributed by atoms with Crippen LogP contribution < -0.4 is 5.73 Å². The van der Waals surface area contributed by atoms with Gasteiger partial charge in [0.25, 0.3) is 0 Å². The van der Waals surface area contributed by atoms with Crippen molar-refractivity contribution in [3.8, 4) is 11.4 Å². The molecule has 3 rings (SSSR count). The molecule has 2 aromatic rings. The fourth-order valence-electron chi connectivity index (χ4n) is 3.07. The van der Waals surface area contributed by atoms with Gasteiger partial charge in [0.1, 0.15) is 0 Å². The first-order valence-electron chi connectivity index (χ1n) is 6.83. The van der Waals surface area contributed by atoms with Crippen molar-refractivity contribution in [2.75, 3.05) is 5.73 Å². The predicted molar refractivity (Wildman–Crippen MR) is 79.3 cm³/mol. The van der Waals surface area contributed by atoms with Gasteiger partial charge in [-0.15, -0.1) is 5.10 Å². The van der Waals surface area contributed by atoms with Crippen LogP contribution >= 0.6 is 11.6 Å². The molecule has 20 heavy (non-hydrogen) atoms. The van der Waals surface area contributed by atoms with Crippen LogP contribution in [0, 0.1) is 5.41 Å². The molecule has 1 unspecified atom stereocenters. The van der Waals surface area contributed by atoms with Crippen molar-refractivity contribution in [3.63, 3.8) is 0 Å². The highest BCUT2D eigenvalue weighted by molar-refractivity contribution is 6.35. The summed E-state index contributed by atoms with van der Waals surface area (Å²) in [7, 11) is 0. The van der Waals surface area contributed by atoms with Crippen molar-refractivity contribution < 1.29 is 0 Å². The molecule has 0 amide bonds. The number of rotatable bonds is 2. The van der Waals surface area contributed by atoms with E-state index in [1.807, 2.05) is 16.8 Å². The van der Waals surface area contributed by atoms with E-state index < -0.39 is 0 Å². The van der Waals surface area contributed by atoms with Gasteiger partial charge in [-0.3, -0.25) is 0 Å². The van der Waals surface area contributed by atoms with Crippen molar-refractivity contribution in [1.29, 1.82) is 0 Å². The van der Waals surface area contributed by atoms with E-state index in [0.717, 1.165) is 12.0 Å². The average Bonchev–Trinajstić information content (AvgIpc) is 2.98. The third kappa shape index (κ3) is 2.06. The van der Waals surface area contributed by atoms with E-state index in [1.54, 1.807) is 6.07 Å². The maximum atomic E-state index is 6.30. The lowest BCUT2D eigenvalue weighted by Gasteiger charge is -2.27. The molecule has 1 saturated carbocycles. The Labute approximate surface area is 123 Å². The summed E-state index contributed by atoms with van der Waals surface area (Å²) >= 11 is 6.30. The molecule has 0 saturated heterocycles. The van der Waals surface area contributed by atoms with Crippen molar-refractivity contribution in [3.05, 3.63) is 23.2 Å². The molecular weight excluding hydrogens is 274 g/mol. The third-order valence-electron chi connectivity index (χ3n) is 4.26. The molecular formula is C14H18ClN5. The molecule has 1 fully saturated rings. The van der Waals surface area contributed by atoms with Gasteiger partial charge in [-0.2, -0.15) is 0 Å². The van der Waals surface area contributed by atoms with Gasteiger partial charge in [-0.05, 0) is 40.8 Å². The summed E-state index contributed by atoms with van der Waals surface area (Å²) in [6, 6.07) is 5.85. The molecule has 1 heterocycles. The van der Waals surface area contributed by atoms with Crippen molar-refractivity contribution in [2.45, 2.75) is 39.2 Å². The Hall–Kier alpha value is -1.62. The number of nitrogens with two attached hydrogens (primary N) is 1. The van der Waals surface area contributed by atoms with Crippen LogP contribution in [0.2, 0.25) is 5.02 Å². The highest BCUT2D eigenvalue weighted by Crippen LogP contribution is 2.46. The average molecular weight is 292 g/mol. The molecule has 1 aliphatic rings. The molecule has 1 aromatic heterocycles. The number of benzene rings is 1. The molecule has 1 atom stereocenters. The van der Waals surface area contributed by atoms with E-state index in [1.165, 1.54) is 12.8 Å². The monoisotopic (exact) mass is 291 g/mol. The number of anilines is 1. The van der Waals surface area contributed by atoms with Crippen molar-refractivity contribution in [2.24, 2.45) is 5.41 Å². The van der Waals surface area contributed by atoms with Gasteiger partial charge in [0.15, 0.2) is 5.82 Å². The number of nitrogen functional groups attached to an aromatic ring is 1. The Morgan fingerprint density at radius 1 is 1.40 bits per heavy atom. The van der Waals surface area contributed by atoms with Crippen LogP contribution in [0.3, 0.4) is 0 Å². The molecule has 0 bridgehead atoms. The first-order valence-corrected chi connectivity index (χ1v) is 7.21. The molecule has 2 N–H and O–H groups in total. The van der Waals surface area contributed by atoms with E-state index in [-0.39, 0.29) is 5.41 Å². The van der Waals surface area contributed by atoms with E-state index >= 15 is 0 Å². The van der Waals surface area contributed by atoms with E-state index in [9.17, 15) is 0 Å². The number of halogens is 1. The minimum absolute atomic E-state index is 0.191. The summed E-state index contributed by atoms with van der Waals surface area (Å²) in [5.74, 6) is 0.697. The van der Waals surface area contributed by atoms with E-state index in [0.29, 0.717) is 22.6 Å². The second kappa shape index (κ2) is 4.74. The molecule has 1 aliphatic carbocycles. The van der Waals surface area contributed by atoms with Crippen LogP contribution in [-0.4, -0.2) is 20.2 Å². The van der Waals surface area contributed by atoms with Crippen LogP contribution in [0.15, 0.2) is 18.2 Å². The number of tetrazole rings is 1. The van der Waals surface area contributed by atoms with Gasteiger partial charge >= 0.3 is 0 Å². The summed E-state index contributed by atoms with van der Waals surface area (Å²) in [4.78, 5) is 0. The molecule has 0 spiro atoms. The molecule has 6 heteroatoms. The summed E-state index contributed by atoms with van der Waals surface area (Å²) in [5.41, 5.74) is 7.40. The largest absolute Gasteiger partial charge is 0.398 e. The Bertz CT molecular complexity index is 634. The van der Waals surface area contributed by atoms with Crippen molar-refractivity contribution in [1.82, 2.24) is 20.2 Å². The highest BCUT2D eigenvalue weighted by Gasteiger charge is 2.38. The molecule has 1 aromatic carbocycles. The highest BCUT2D eigenvalue weighted by atomic mass is 35.5. The summed E-state index contributed by atoms with van der Waals surface area (Å²) in [5, 5.41) is 12.7. The van der Waals surface area contributed by atoms with E-state index in [2.05, 4.69) is 29.4 Å². The zero-order chi connectivity index (χ0) is 14.3. The van der Waals surface area contributed by atoms with Gasteiger partial charge in [0.2, 0.25) is 0 Å². The Morgan fingerprint density at radius 2 is 2.20 bits per heavy atom. The first-order chi connectivity index (χ1) is 9.50. The van der Waals surface area contributed by atoms with Gasteiger partial charge in [0, 0.05) is 5.56 Å². The third-order valence-corrected chi connectivity index (χ3v) is 4.68. The Morgan fingerprint density at radius 3 is 2.90 bits per heavy atom. The molecule has 0 aliphatic heterocycles. The summed E-state index contributed by atoms with van der Waals surface area (Å²) < 4.78 is 1.91. The van der Waals surface area contributed by atoms with Crippen LogP contribution in [0.5, 0.6) is 0 Å². The minimum atomic E-state index is 0.191. The SMILES string of the molecule is CC1(C)CCCC1n1nnnc1-c1cccc(N)c1Cl. The van der Waals surface area contributed by atoms with Crippen LogP contribution in [0.1, 0.15) is 39.2 Å². The lowest BCUT2D eigenvalue weighted by atomic mass is 9.87. The number of hydrogen-bond donors (Lipinski definition) is 1. The van der Waals surface area contributed by atoms with E-state index in [4.69, 9.17) is 17.3 Å². The molecule has 0 radical (unpaired) electrons.